The molecular weight excluding hydrogens is 233 g/mol. The number of carbonyl (C=O) groups is 1. The molecule has 96 valence electrons. The number of benzene rings is 1. The minimum atomic E-state index is -0.330. The van der Waals surface area contributed by atoms with Gasteiger partial charge in [-0.3, -0.25) is 4.79 Å². The number of hydrogen-bond acceptors (Lipinski definition) is 3. The van der Waals surface area contributed by atoms with Crippen LogP contribution in [0, 0.1) is 5.82 Å². The van der Waals surface area contributed by atoms with Crippen LogP contribution in [-0.2, 0) is 0 Å². The van der Waals surface area contributed by atoms with Crippen molar-refractivity contribution in [3.05, 3.63) is 35.8 Å². The second-order valence-corrected chi connectivity index (χ2v) is 4.57. The Balaban J connectivity index is 2.08. The monoisotopic (exact) mass is 249 g/mol. The number of halogens is 1. The van der Waals surface area contributed by atoms with Gasteiger partial charge >= 0.3 is 0 Å². The summed E-state index contributed by atoms with van der Waals surface area (Å²) >= 11 is 0. The largest absolute Gasteiger partial charge is 0.453 e. The molecule has 1 aromatic carbocycles. The molecule has 0 unspecified atom stereocenters. The highest BCUT2D eigenvalue weighted by atomic mass is 19.1. The van der Waals surface area contributed by atoms with Crippen LogP contribution in [0.4, 0.5) is 4.39 Å². The zero-order valence-electron chi connectivity index (χ0n) is 10.5. The highest BCUT2D eigenvalue weighted by molar-refractivity contribution is 5.97. The van der Waals surface area contributed by atoms with Gasteiger partial charge in [0.15, 0.2) is 11.5 Å². The third-order valence-electron chi connectivity index (χ3n) is 2.66. The summed E-state index contributed by atoms with van der Waals surface area (Å²) < 4.78 is 18.4. The molecule has 0 radical (unpaired) electrons. The van der Waals surface area contributed by atoms with Crippen LogP contribution in [0.15, 0.2) is 28.7 Å². The number of ketones is 1. The molecule has 1 heterocycles. The van der Waals surface area contributed by atoms with E-state index < -0.39 is 0 Å². The first-order chi connectivity index (χ1) is 8.56. The van der Waals surface area contributed by atoms with Crippen LogP contribution < -0.4 is 5.32 Å². The van der Waals surface area contributed by atoms with E-state index in [9.17, 15) is 9.18 Å². The van der Waals surface area contributed by atoms with Crippen LogP contribution in [0.1, 0.15) is 30.8 Å². The van der Waals surface area contributed by atoms with Crippen LogP contribution in [-0.4, -0.2) is 18.4 Å². The van der Waals surface area contributed by atoms with Gasteiger partial charge in [0.2, 0.25) is 0 Å². The fraction of sp³-hybridized carbons (Fsp3) is 0.357. The molecule has 2 rings (SSSR count). The van der Waals surface area contributed by atoms with Crippen LogP contribution in [0.2, 0.25) is 0 Å². The van der Waals surface area contributed by atoms with E-state index in [0.29, 0.717) is 35.7 Å². The predicted molar refractivity (Wildman–Crippen MR) is 68.3 cm³/mol. The maximum absolute atomic E-state index is 13.0. The van der Waals surface area contributed by atoms with Gasteiger partial charge in [-0.15, -0.1) is 0 Å². The lowest BCUT2D eigenvalue weighted by atomic mass is 10.2. The molecule has 0 spiro atoms. The van der Waals surface area contributed by atoms with Crippen molar-refractivity contribution >= 4 is 16.8 Å². The Labute approximate surface area is 105 Å². The fourth-order valence-corrected chi connectivity index (χ4v) is 1.75. The number of hydrogen-bond donors (Lipinski definition) is 1. The van der Waals surface area contributed by atoms with Gasteiger partial charge in [0.25, 0.3) is 0 Å². The second kappa shape index (κ2) is 5.31. The zero-order chi connectivity index (χ0) is 13.1. The third-order valence-corrected chi connectivity index (χ3v) is 2.66. The maximum Gasteiger partial charge on any atom is 0.199 e. The van der Waals surface area contributed by atoms with E-state index in [0.717, 1.165) is 0 Å². The van der Waals surface area contributed by atoms with Crippen molar-refractivity contribution in [2.24, 2.45) is 0 Å². The summed E-state index contributed by atoms with van der Waals surface area (Å²) in [6, 6.07) is 6.16. The van der Waals surface area contributed by atoms with E-state index in [1.165, 1.54) is 18.2 Å². The molecule has 0 saturated heterocycles. The number of furan rings is 1. The molecule has 0 amide bonds. The van der Waals surface area contributed by atoms with E-state index in [1.54, 1.807) is 6.07 Å². The van der Waals surface area contributed by atoms with Crippen molar-refractivity contribution < 1.29 is 13.6 Å². The standard InChI is InChI=1S/C14H16FNO2/c1-9(2)16-6-5-12(17)14-8-10-7-11(15)3-4-13(10)18-14/h3-4,7-9,16H,5-6H2,1-2H3. The average Bonchev–Trinajstić information content (AvgIpc) is 2.71. The molecule has 0 aliphatic carbocycles. The Kier molecular flexibility index (Phi) is 3.77. The Morgan fingerprint density at radius 3 is 2.89 bits per heavy atom. The van der Waals surface area contributed by atoms with E-state index in [2.05, 4.69) is 5.32 Å². The first-order valence-electron chi connectivity index (χ1n) is 6.02. The maximum atomic E-state index is 13.0. The molecule has 0 aliphatic rings. The quantitative estimate of drug-likeness (QED) is 0.828. The lowest BCUT2D eigenvalue weighted by Gasteiger charge is -2.05. The molecule has 4 heteroatoms. The number of fused-ring (bicyclic) bond motifs is 1. The first kappa shape index (κ1) is 12.8. The first-order valence-corrected chi connectivity index (χ1v) is 6.02. The minimum Gasteiger partial charge on any atom is -0.453 e. The van der Waals surface area contributed by atoms with Crippen molar-refractivity contribution in [3.8, 4) is 0 Å². The summed E-state index contributed by atoms with van der Waals surface area (Å²) in [7, 11) is 0. The lowest BCUT2D eigenvalue weighted by Crippen LogP contribution is -2.25. The molecule has 2 aromatic rings. The number of rotatable bonds is 5. The molecule has 0 aliphatic heterocycles. The molecule has 0 fully saturated rings. The molecule has 0 saturated carbocycles. The molecular formula is C14H16FNO2. The lowest BCUT2D eigenvalue weighted by molar-refractivity contribution is 0.0957. The molecule has 1 N–H and O–H groups in total. The normalized spacial score (nSPS) is 11.3. The Morgan fingerprint density at radius 2 is 2.17 bits per heavy atom. The second-order valence-electron chi connectivity index (χ2n) is 4.57. The van der Waals surface area contributed by atoms with Gasteiger partial charge < -0.3 is 9.73 Å². The fourth-order valence-electron chi connectivity index (χ4n) is 1.75. The smallest absolute Gasteiger partial charge is 0.199 e. The van der Waals surface area contributed by atoms with Gasteiger partial charge in [-0.05, 0) is 24.3 Å². The zero-order valence-corrected chi connectivity index (χ0v) is 10.5. The summed E-state index contributed by atoms with van der Waals surface area (Å²) in [5, 5.41) is 3.79. The van der Waals surface area contributed by atoms with Gasteiger partial charge in [-0.25, -0.2) is 4.39 Å². The summed E-state index contributed by atoms with van der Waals surface area (Å²) in [4.78, 5) is 11.9. The SMILES string of the molecule is CC(C)NCCC(=O)c1cc2cc(F)ccc2o1. The molecule has 18 heavy (non-hydrogen) atoms. The van der Waals surface area contributed by atoms with Gasteiger partial charge in [0, 0.05) is 24.4 Å². The van der Waals surface area contributed by atoms with Crippen molar-refractivity contribution in [1.29, 1.82) is 0 Å². The van der Waals surface area contributed by atoms with E-state index in [1.807, 2.05) is 13.8 Å². The van der Waals surface area contributed by atoms with Crippen molar-refractivity contribution in [3.63, 3.8) is 0 Å². The van der Waals surface area contributed by atoms with Gasteiger partial charge in [0.1, 0.15) is 11.4 Å². The van der Waals surface area contributed by atoms with Gasteiger partial charge in [-0.2, -0.15) is 0 Å². The molecule has 0 bridgehead atoms. The highest BCUT2D eigenvalue weighted by Crippen LogP contribution is 2.21. The van der Waals surface area contributed by atoms with Crippen molar-refractivity contribution in [1.82, 2.24) is 5.32 Å². The molecule has 3 nitrogen and oxygen atoms in total. The van der Waals surface area contributed by atoms with Crippen LogP contribution in [0.3, 0.4) is 0 Å². The highest BCUT2D eigenvalue weighted by Gasteiger charge is 2.12. The number of carbonyl (C=O) groups excluding carboxylic acids is 1. The van der Waals surface area contributed by atoms with Crippen LogP contribution in [0.5, 0.6) is 0 Å². The Morgan fingerprint density at radius 1 is 1.39 bits per heavy atom. The van der Waals surface area contributed by atoms with Crippen LogP contribution >= 0.6 is 0 Å². The summed E-state index contributed by atoms with van der Waals surface area (Å²) in [5.74, 6) is -0.107. The van der Waals surface area contributed by atoms with Crippen molar-refractivity contribution in [2.75, 3.05) is 6.54 Å². The topological polar surface area (TPSA) is 42.2 Å². The molecule has 1 aromatic heterocycles. The number of nitrogens with one attached hydrogen (secondary N) is 1. The average molecular weight is 249 g/mol. The third kappa shape index (κ3) is 2.96. The van der Waals surface area contributed by atoms with E-state index in [4.69, 9.17) is 4.42 Å². The summed E-state index contributed by atoms with van der Waals surface area (Å²) in [5.41, 5.74) is 0.538. The van der Waals surface area contributed by atoms with Crippen molar-refractivity contribution in [2.45, 2.75) is 26.3 Å². The number of Topliss-reactive ketones (excluding diaryl/α,β-unsaturated/α-hetero) is 1. The van der Waals surface area contributed by atoms with E-state index >= 15 is 0 Å². The summed E-state index contributed by atoms with van der Waals surface area (Å²) in [6.07, 6.45) is 0.375. The minimum absolute atomic E-state index is 0.0697. The molecule has 0 atom stereocenters. The van der Waals surface area contributed by atoms with Crippen LogP contribution in [0.25, 0.3) is 11.0 Å². The van der Waals surface area contributed by atoms with Gasteiger partial charge in [-0.1, -0.05) is 13.8 Å². The van der Waals surface area contributed by atoms with E-state index in [-0.39, 0.29) is 11.6 Å². The summed E-state index contributed by atoms with van der Waals surface area (Å²) in [6.45, 7) is 4.66. The Hall–Kier alpha value is -1.68. The Bertz CT molecular complexity index is 560. The predicted octanol–water partition coefficient (Wildman–Crippen LogP) is 3.14. The van der Waals surface area contributed by atoms with Gasteiger partial charge in [0.05, 0.1) is 0 Å².